The van der Waals surface area contributed by atoms with Gasteiger partial charge in [0.1, 0.15) is 0 Å². The zero-order valence-corrected chi connectivity index (χ0v) is 23.3. The first-order chi connectivity index (χ1) is 16.8. The van der Waals surface area contributed by atoms with Crippen LogP contribution >= 0.6 is 0 Å². The van der Waals surface area contributed by atoms with Crippen molar-refractivity contribution in [3.63, 3.8) is 0 Å². The van der Waals surface area contributed by atoms with Crippen LogP contribution in [0, 0.1) is 23.5 Å². The Hall–Kier alpha value is -2.26. The Balaban J connectivity index is 1.73. The average Bonchev–Trinajstić information content (AvgIpc) is 3.43. The molecule has 3 aliphatic rings. The van der Waals surface area contributed by atoms with E-state index in [1.54, 1.807) is 24.3 Å². The average molecular weight is 554 g/mol. The van der Waals surface area contributed by atoms with Gasteiger partial charge >= 0.3 is 213 Å². The van der Waals surface area contributed by atoms with Crippen molar-refractivity contribution in [2.24, 2.45) is 11.8 Å². The molecule has 2 nitrogen and oxygen atoms in total. The van der Waals surface area contributed by atoms with Gasteiger partial charge in [0.25, 0.3) is 0 Å². The van der Waals surface area contributed by atoms with E-state index >= 15 is 0 Å². The molecule has 0 saturated heterocycles. The molecule has 0 amide bonds. The summed E-state index contributed by atoms with van der Waals surface area (Å²) in [5, 5.41) is 0. The van der Waals surface area contributed by atoms with Crippen molar-refractivity contribution in [3.05, 3.63) is 101 Å². The molecule has 0 fully saturated rings. The Kier molecular flexibility index (Phi) is 6.74. The van der Waals surface area contributed by atoms with E-state index in [0.717, 1.165) is 25.7 Å². The van der Waals surface area contributed by atoms with Crippen LogP contribution in [-0.2, 0) is 21.1 Å². The molecule has 0 saturated carbocycles. The van der Waals surface area contributed by atoms with Gasteiger partial charge in [-0.3, -0.25) is 0 Å². The Bertz CT molecular complexity index is 1150. The third kappa shape index (κ3) is 4.53. The van der Waals surface area contributed by atoms with E-state index in [4.69, 9.17) is 5.63 Å². The van der Waals surface area contributed by atoms with Crippen molar-refractivity contribution >= 4 is 0 Å². The number of benzene rings is 2. The molecule has 0 spiro atoms. The second kappa shape index (κ2) is 9.66. The zero-order chi connectivity index (χ0) is 24.7. The zero-order valence-electron chi connectivity index (χ0n) is 20.8. The van der Waals surface area contributed by atoms with Crippen LogP contribution in [0.5, 0.6) is 11.5 Å². The molecular formula is C30H32F2O2Zr. The van der Waals surface area contributed by atoms with E-state index in [2.05, 4.69) is 39.8 Å². The molecule has 5 heteroatoms. The summed E-state index contributed by atoms with van der Waals surface area (Å²) in [6, 6.07) is 12.5. The molecule has 1 aliphatic heterocycles. The van der Waals surface area contributed by atoms with Gasteiger partial charge in [-0.1, -0.05) is 0 Å². The predicted octanol–water partition coefficient (Wildman–Crippen LogP) is 8.68. The van der Waals surface area contributed by atoms with Gasteiger partial charge in [0.05, 0.1) is 0 Å². The fourth-order valence-corrected chi connectivity index (χ4v) is 15.3. The number of hydrogen-bond acceptors (Lipinski definition) is 2. The summed E-state index contributed by atoms with van der Waals surface area (Å²) in [6.07, 6.45) is 8.27. The minimum atomic E-state index is -4.34. The topological polar surface area (TPSA) is 18.5 Å². The van der Waals surface area contributed by atoms with Crippen LogP contribution in [-0.4, -0.2) is 0 Å². The number of halogens is 2. The maximum atomic E-state index is 13.8. The molecule has 35 heavy (non-hydrogen) atoms. The van der Waals surface area contributed by atoms with E-state index in [1.807, 2.05) is 0 Å². The summed E-state index contributed by atoms with van der Waals surface area (Å²) in [5.74, 6) is 1.49. The van der Waals surface area contributed by atoms with Gasteiger partial charge in [-0.2, -0.15) is 0 Å². The van der Waals surface area contributed by atoms with Crippen molar-refractivity contribution < 1.29 is 35.6 Å². The standard InChI is InChI=1S/C18H24.2C6H5FO.Zr/c1-13(2)17-9-5-7-15(17)11-12-16-8-6-10-18(16)14(3)4;2*7-5-1-3-6(8)4-2-5;/h9-10,13-14H,5-6,11-12H2,1-4H3;2*1-4,8H;/q;;;+2/p-2. The van der Waals surface area contributed by atoms with Crippen LogP contribution in [0.15, 0.2) is 89.5 Å². The first kappa shape index (κ1) is 24.4. The Morgan fingerprint density at radius 1 is 0.629 bits per heavy atom. The second-order valence-electron chi connectivity index (χ2n) is 10.2. The molecule has 2 aromatic rings. The Morgan fingerprint density at radius 3 is 1.34 bits per heavy atom. The summed E-state index contributed by atoms with van der Waals surface area (Å²) >= 11 is -4.34. The predicted molar refractivity (Wildman–Crippen MR) is 132 cm³/mol. The van der Waals surface area contributed by atoms with Crippen molar-refractivity contribution in [2.75, 3.05) is 0 Å². The van der Waals surface area contributed by atoms with Crippen LogP contribution in [0.25, 0.3) is 0 Å². The third-order valence-electron chi connectivity index (χ3n) is 7.29. The van der Waals surface area contributed by atoms with Crippen molar-refractivity contribution in [1.82, 2.24) is 0 Å². The third-order valence-corrected chi connectivity index (χ3v) is 16.3. The van der Waals surface area contributed by atoms with Gasteiger partial charge in [0.2, 0.25) is 0 Å². The van der Waals surface area contributed by atoms with Gasteiger partial charge in [0, 0.05) is 0 Å². The quantitative estimate of drug-likeness (QED) is 0.356. The van der Waals surface area contributed by atoms with Gasteiger partial charge in [-0.05, 0) is 0 Å². The molecule has 0 N–H and O–H groups in total. The number of rotatable bonds is 6. The van der Waals surface area contributed by atoms with E-state index in [-0.39, 0.29) is 11.6 Å². The van der Waals surface area contributed by atoms with Crippen LogP contribution in [0.3, 0.4) is 0 Å². The van der Waals surface area contributed by atoms with E-state index in [9.17, 15) is 8.78 Å². The molecule has 0 aromatic heterocycles. The first-order valence-corrected chi connectivity index (χ1v) is 17.0. The molecule has 0 radical (unpaired) electrons. The van der Waals surface area contributed by atoms with E-state index in [1.165, 1.54) is 53.1 Å². The van der Waals surface area contributed by atoms with Crippen molar-refractivity contribution in [2.45, 2.75) is 53.4 Å². The van der Waals surface area contributed by atoms with Crippen LogP contribution in [0.4, 0.5) is 8.78 Å². The van der Waals surface area contributed by atoms with Crippen LogP contribution in [0.2, 0.25) is 0 Å². The second-order valence-corrected chi connectivity index (χ2v) is 17.2. The maximum absolute atomic E-state index is 13.8. The molecule has 5 rings (SSSR count). The minimum absolute atomic E-state index is 0.295. The summed E-state index contributed by atoms with van der Waals surface area (Å²) < 4.78 is 44.3. The normalized spacial score (nSPS) is 19.0. The monoisotopic (exact) mass is 552 g/mol. The summed E-state index contributed by atoms with van der Waals surface area (Å²) in [6.45, 7) is 8.97. The van der Waals surface area contributed by atoms with E-state index in [0.29, 0.717) is 23.3 Å². The van der Waals surface area contributed by atoms with Gasteiger partial charge < -0.3 is 0 Å². The van der Waals surface area contributed by atoms with E-state index < -0.39 is 21.1 Å². The summed E-state index contributed by atoms with van der Waals surface area (Å²) in [5.41, 5.74) is 5.56. The molecule has 2 aromatic carbocycles. The molecule has 182 valence electrons. The van der Waals surface area contributed by atoms with Crippen molar-refractivity contribution in [1.29, 1.82) is 0 Å². The fraction of sp³-hybridized carbons (Fsp3) is 0.333. The summed E-state index contributed by atoms with van der Waals surface area (Å²) in [7, 11) is 0. The molecular weight excluding hydrogens is 522 g/mol. The van der Waals surface area contributed by atoms with Crippen LogP contribution in [0.1, 0.15) is 53.4 Å². The first-order valence-electron chi connectivity index (χ1n) is 12.5. The SMILES string of the molecule is CC(C)C1=CC[C]2=C1CCC1=[C](CC=C1C(C)C)[Zr]2([O]c1ccc(F)cc1)[O]c1ccc(F)cc1. The molecule has 2 aliphatic carbocycles. The molecule has 0 atom stereocenters. The number of allylic oxidation sites excluding steroid dienone is 8. The van der Waals surface area contributed by atoms with Gasteiger partial charge in [-0.15, -0.1) is 0 Å². The van der Waals surface area contributed by atoms with Gasteiger partial charge in [-0.25, -0.2) is 0 Å². The molecule has 0 unspecified atom stereocenters. The fourth-order valence-electron chi connectivity index (χ4n) is 5.73. The van der Waals surface area contributed by atoms with Crippen molar-refractivity contribution in [3.8, 4) is 11.5 Å². The van der Waals surface area contributed by atoms with Gasteiger partial charge in [0.15, 0.2) is 0 Å². The molecule has 1 heterocycles. The Labute approximate surface area is 212 Å². The number of hydrogen-bond donors (Lipinski definition) is 0. The van der Waals surface area contributed by atoms with Crippen LogP contribution < -0.4 is 5.63 Å². The molecule has 0 bridgehead atoms. The Morgan fingerprint density at radius 2 is 1.00 bits per heavy atom. The summed E-state index contributed by atoms with van der Waals surface area (Å²) in [4.78, 5) is 0.